The largest absolute Gasteiger partial charge is 0.484 e. The molecule has 0 aliphatic carbocycles. The number of carbonyl (C=O) groups is 2. The van der Waals surface area contributed by atoms with Gasteiger partial charge in [0.25, 0.3) is 11.6 Å². The maximum absolute atomic E-state index is 12.9. The van der Waals surface area contributed by atoms with Crippen molar-refractivity contribution in [3.63, 3.8) is 0 Å². The highest BCUT2D eigenvalue weighted by atomic mass is 19.4. The van der Waals surface area contributed by atoms with Crippen LogP contribution in [0.25, 0.3) is 0 Å². The fourth-order valence-corrected chi connectivity index (χ4v) is 3.62. The molecule has 34 heavy (non-hydrogen) atoms. The van der Waals surface area contributed by atoms with E-state index in [4.69, 9.17) is 4.74 Å². The molecule has 9 nitrogen and oxygen atoms in total. The number of amides is 2. The third kappa shape index (κ3) is 6.15. The van der Waals surface area contributed by atoms with Gasteiger partial charge in [0.2, 0.25) is 5.91 Å². The number of likely N-dealkylation sites (N-methyl/N-ethyl adjacent to an activating group) is 1. The van der Waals surface area contributed by atoms with Crippen molar-refractivity contribution in [2.24, 2.45) is 5.92 Å². The minimum Gasteiger partial charge on any atom is -0.484 e. The number of nitrogens with one attached hydrogen (secondary N) is 2. The first-order chi connectivity index (χ1) is 16.1. The lowest BCUT2D eigenvalue weighted by Crippen LogP contribution is -2.38. The molecule has 2 aromatic carbocycles. The van der Waals surface area contributed by atoms with Gasteiger partial charge in [-0.3, -0.25) is 19.7 Å². The highest BCUT2D eigenvalue weighted by Gasteiger charge is 2.35. The Bertz CT molecular complexity index is 1070. The Morgan fingerprint density at radius 1 is 1.18 bits per heavy atom. The first-order valence-electron chi connectivity index (χ1n) is 10.4. The van der Waals surface area contributed by atoms with E-state index in [1.54, 1.807) is 29.2 Å². The van der Waals surface area contributed by atoms with Crippen LogP contribution in [0.5, 0.6) is 5.75 Å². The summed E-state index contributed by atoms with van der Waals surface area (Å²) < 4.78 is 44.2. The van der Waals surface area contributed by atoms with Crippen LogP contribution in [0.4, 0.5) is 30.2 Å². The van der Waals surface area contributed by atoms with Crippen molar-refractivity contribution < 1.29 is 32.4 Å². The zero-order valence-corrected chi connectivity index (χ0v) is 18.2. The normalized spacial score (nSPS) is 14.4. The number of nitro benzene ring substituents is 1. The Hall–Kier alpha value is -3.83. The number of anilines is 2. The summed E-state index contributed by atoms with van der Waals surface area (Å²) in [6.07, 6.45) is -3.94. The summed E-state index contributed by atoms with van der Waals surface area (Å²) in [5.74, 6) is -0.509. The molecule has 0 radical (unpaired) electrons. The average molecular weight is 480 g/mol. The van der Waals surface area contributed by atoms with E-state index in [2.05, 4.69) is 10.6 Å². The highest BCUT2D eigenvalue weighted by molar-refractivity contribution is 5.93. The molecule has 0 unspecified atom stereocenters. The second-order valence-corrected chi connectivity index (χ2v) is 7.70. The van der Waals surface area contributed by atoms with Crippen LogP contribution in [0.1, 0.15) is 18.4 Å². The van der Waals surface area contributed by atoms with E-state index in [9.17, 15) is 32.9 Å². The van der Waals surface area contributed by atoms with Crippen molar-refractivity contribution in [2.75, 3.05) is 37.0 Å². The van der Waals surface area contributed by atoms with Crippen LogP contribution in [0.3, 0.4) is 0 Å². The SMILES string of the molecule is CNC(=O)COc1cccc(NC(=O)C2CCN(c3ccc(C(F)(F)F)cc3[N+](=O)[O-])CC2)c1. The van der Waals surface area contributed by atoms with Crippen molar-refractivity contribution in [1.29, 1.82) is 0 Å². The summed E-state index contributed by atoms with van der Waals surface area (Å²) in [6.45, 7) is 0.390. The molecule has 0 atom stereocenters. The minimum atomic E-state index is -4.68. The Kier molecular flexibility index (Phi) is 7.59. The molecule has 2 N–H and O–H groups in total. The van der Waals surface area contributed by atoms with Crippen molar-refractivity contribution in [2.45, 2.75) is 19.0 Å². The van der Waals surface area contributed by atoms with E-state index in [0.717, 1.165) is 12.1 Å². The van der Waals surface area contributed by atoms with Gasteiger partial charge in [-0.05, 0) is 37.1 Å². The van der Waals surface area contributed by atoms with Crippen molar-refractivity contribution in [3.8, 4) is 5.75 Å². The molecule has 1 fully saturated rings. The summed E-state index contributed by atoms with van der Waals surface area (Å²) in [4.78, 5) is 36.2. The standard InChI is InChI=1S/C22H23F3N4O5/c1-26-20(30)13-34-17-4-2-3-16(12-17)27-21(31)14-7-9-28(10-8-14)18-6-5-15(22(23,24)25)11-19(18)29(32)33/h2-6,11-12,14H,7-10,13H2,1H3,(H,26,30)(H,27,31). The first kappa shape index (κ1) is 24.8. The van der Waals surface area contributed by atoms with Gasteiger partial charge in [0.1, 0.15) is 11.4 Å². The van der Waals surface area contributed by atoms with E-state index in [-0.39, 0.29) is 43.1 Å². The lowest BCUT2D eigenvalue weighted by molar-refractivity contribution is -0.384. The Labute approximate surface area is 193 Å². The van der Waals surface area contributed by atoms with Crippen molar-refractivity contribution in [1.82, 2.24) is 5.32 Å². The summed E-state index contributed by atoms with van der Waals surface area (Å²) in [7, 11) is 1.49. The maximum atomic E-state index is 12.9. The van der Waals surface area contributed by atoms with Crippen LogP contribution in [-0.4, -0.2) is 43.5 Å². The van der Waals surface area contributed by atoms with E-state index in [1.807, 2.05) is 0 Å². The van der Waals surface area contributed by atoms with Gasteiger partial charge in [-0.15, -0.1) is 0 Å². The van der Waals surface area contributed by atoms with E-state index < -0.39 is 22.4 Å². The first-order valence-corrected chi connectivity index (χ1v) is 10.4. The van der Waals surface area contributed by atoms with Crippen LogP contribution in [0, 0.1) is 16.0 Å². The molecule has 1 saturated heterocycles. The second kappa shape index (κ2) is 10.4. The van der Waals surface area contributed by atoms with Gasteiger partial charge in [-0.1, -0.05) is 6.07 Å². The average Bonchev–Trinajstić information content (AvgIpc) is 2.81. The van der Waals surface area contributed by atoms with Gasteiger partial charge in [0, 0.05) is 43.9 Å². The number of halogens is 3. The fraction of sp³-hybridized carbons (Fsp3) is 0.364. The topological polar surface area (TPSA) is 114 Å². The molecule has 0 saturated carbocycles. The predicted octanol–water partition coefficient (Wildman–Crippen LogP) is 3.59. The van der Waals surface area contributed by atoms with Crippen LogP contribution >= 0.6 is 0 Å². The molecule has 182 valence electrons. The molecule has 1 aliphatic rings. The third-order valence-electron chi connectivity index (χ3n) is 5.46. The zero-order valence-electron chi connectivity index (χ0n) is 18.2. The molecule has 1 heterocycles. The molecule has 0 aromatic heterocycles. The number of carbonyl (C=O) groups excluding carboxylic acids is 2. The Morgan fingerprint density at radius 3 is 2.50 bits per heavy atom. The Balaban J connectivity index is 1.61. The molecular formula is C22H23F3N4O5. The summed E-state index contributed by atoms with van der Waals surface area (Å²) in [5, 5.41) is 16.6. The highest BCUT2D eigenvalue weighted by Crippen LogP contribution is 2.37. The second-order valence-electron chi connectivity index (χ2n) is 7.70. The summed E-state index contributed by atoms with van der Waals surface area (Å²) >= 11 is 0. The van der Waals surface area contributed by atoms with Gasteiger partial charge >= 0.3 is 6.18 Å². The Morgan fingerprint density at radius 2 is 1.88 bits per heavy atom. The number of benzene rings is 2. The smallest absolute Gasteiger partial charge is 0.416 e. The number of ether oxygens (including phenoxy) is 1. The lowest BCUT2D eigenvalue weighted by Gasteiger charge is -2.32. The van der Waals surface area contributed by atoms with E-state index in [0.29, 0.717) is 30.3 Å². The lowest BCUT2D eigenvalue weighted by atomic mass is 9.95. The number of rotatable bonds is 7. The monoisotopic (exact) mass is 480 g/mol. The van der Waals surface area contributed by atoms with Crippen LogP contribution in [0.15, 0.2) is 42.5 Å². The van der Waals surface area contributed by atoms with Crippen molar-refractivity contribution in [3.05, 3.63) is 58.1 Å². The molecular weight excluding hydrogens is 457 g/mol. The number of nitrogens with zero attached hydrogens (tertiary/aromatic N) is 2. The molecule has 3 rings (SSSR count). The quantitative estimate of drug-likeness (QED) is 0.463. The number of hydrogen-bond donors (Lipinski definition) is 2. The summed E-state index contributed by atoms with van der Waals surface area (Å²) in [6, 6.07) is 9.03. The van der Waals surface area contributed by atoms with Gasteiger partial charge in [-0.25, -0.2) is 0 Å². The fourth-order valence-electron chi connectivity index (χ4n) is 3.62. The molecule has 12 heteroatoms. The van der Waals surface area contributed by atoms with Gasteiger partial charge < -0.3 is 20.3 Å². The van der Waals surface area contributed by atoms with Gasteiger partial charge in [0.15, 0.2) is 6.61 Å². The van der Waals surface area contributed by atoms with Crippen LogP contribution < -0.4 is 20.3 Å². The molecule has 0 bridgehead atoms. The number of piperidine rings is 1. The zero-order chi connectivity index (χ0) is 24.9. The maximum Gasteiger partial charge on any atom is 0.416 e. The van der Waals surface area contributed by atoms with Crippen molar-refractivity contribution >= 4 is 28.9 Å². The molecule has 1 aliphatic heterocycles. The number of hydrogen-bond acceptors (Lipinski definition) is 6. The molecule has 2 aromatic rings. The third-order valence-corrected chi connectivity index (χ3v) is 5.46. The minimum absolute atomic E-state index is 0.0952. The van der Waals surface area contributed by atoms with Gasteiger partial charge in [-0.2, -0.15) is 13.2 Å². The molecule has 0 spiro atoms. The van der Waals surface area contributed by atoms with E-state index >= 15 is 0 Å². The number of nitro groups is 1. The van der Waals surface area contributed by atoms with E-state index in [1.165, 1.54) is 7.05 Å². The number of alkyl halides is 3. The summed E-state index contributed by atoms with van der Waals surface area (Å²) in [5.41, 5.74) is -1.12. The predicted molar refractivity (Wildman–Crippen MR) is 118 cm³/mol. The van der Waals surface area contributed by atoms with Crippen LogP contribution in [0.2, 0.25) is 0 Å². The molecule has 2 amide bonds. The van der Waals surface area contributed by atoms with Gasteiger partial charge in [0.05, 0.1) is 10.5 Å². The van der Waals surface area contributed by atoms with Crippen LogP contribution in [-0.2, 0) is 15.8 Å².